The van der Waals surface area contributed by atoms with Crippen molar-refractivity contribution >= 4 is 21.6 Å². The predicted molar refractivity (Wildman–Crippen MR) is 101 cm³/mol. The fourth-order valence-corrected chi connectivity index (χ4v) is 3.09. The Morgan fingerprint density at radius 2 is 1.60 bits per heavy atom. The van der Waals surface area contributed by atoms with E-state index < -0.39 is 10.0 Å². The third-order valence-corrected chi connectivity index (χ3v) is 4.76. The van der Waals surface area contributed by atoms with Gasteiger partial charge < -0.3 is 5.32 Å². The summed E-state index contributed by atoms with van der Waals surface area (Å²) in [4.78, 5) is 12.5. The van der Waals surface area contributed by atoms with E-state index in [0.29, 0.717) is 11.3 Å². The maximum Gasteiger partial charge on any atom is 0.251 e. The molecule has 2 rings (SSSR count). The number of aryl methyl sites for hydroxylation is 3. The van der Waals surface area contributed by atoms with Crippen molar-refractivity contribution in [1.82, 2.24) is 5.32 Å². The number of sulfonamides is 1. The number of anilines is 1. The molecule has 0 bridgehead atoms. The molecule has 6 heteroatoms. The molecule has 0 radical (unpaired) electrons. The van der Waals surface area contributed by atoms with Crippen LogP contribution in [0, 0.1) is 20.8 Å². The van der Waals surface area contributed by atoms with Gasteiger partial charge in [-0.25, -0.2) is 8.42 Å². The van der Waals surface area contributed by atoms with Gasteiger partial charge in [-0.2, -0.15) is 0 Å². The van der Waals surface area contributed by atoms with E-state index in [0.717, 1.165) is 17.4 Å². The summed E-state index contributed by atoms with van der Waals surface area (Å²) in [6.07, 6.45) is 1.08. The molecule has 2 N–H and O–H groups in total. The van der Waals surface area contributed by atoms with Gasteiger partial charge in [0, 0.05) is 5.56 Å². The minimum absolute atomic E-state index is 0.153. The molecule has 0 saturated carbocycles. The number of carbonyl (C=O) groups is 1. The largest absolute Gasteiger partial charge is 0.346 e. The predicted octanol–water partition coefficient (Wildman–Crippen LogP) is 3.47. The molecule has 134 valence electrons. The van der Waals surface area contributed by atoms with E-state index in [1.165, 1.54) is 11.1 Å². The minimum atomic E-state index is -3.40. The highest BCUT2D eigenvalue weighted by molar-refractivity contribution is 7.92. The van der Waals surface area contributed by atoms with Crippen molar-refractivity contribution in [3.05, 3.63) is 64.2 Å². The molecule has 0 aromatic heterocycles. The molecule has 2 aromatic carbocycles. The number of amides is 1. The number of rotatable bonds is 5. The van der Waals surface area contributed by atoms with Crippen LogP contribution in [-0.4, -0.2) is 20.6 Å². The fraction of sp³-hybridized carbons (Fsp3) is 0.316. The lowest BCUT2D eigenvalue weighted by atomic mass is 10.0. The molecule has 5 nitrogen and oxygen atoms in total. The van der Waals surface area contributed by atoms with Crippen LogP contribution in [0.25, 0.3) is 0 Å². The molecule has 0 aliphatic carbocycles. The molecular formula is C19H24N2O3S. The van der Waals surface area contributed by atoms with Crippen LogP contribution in [0.3, 0.4) is 0 Å². The van der Waals surface area contributed by atoms with Crippen molar-refractivity contribution in [1.29, 1.82) is 0 Å². The van der Waals surface area contributed by atoms with Gasteiger partial charge in [0.1, 0.15) is 0 Å². The highest BCUT2D eigenvalue weighted by Gasteiger charge is 2.14. The van der Waals surface area contributed by atoms with E-state index in [-0.39, 0.29) is 11.9 Å². The number of hydrogen-bond acceptors (Lipinski definition) is 3. The van der Waals surface area contributed by atoms with Crippen molar-refractivity contribution in [3.8, 4) is 0 Å². The highest BCUT2D eigenvalue weighted by Crippen LogP contribution is 2.20. The van der Waals surface area contributed by atoms with E-state index in [2.05, 4.69) is 16.1 Å². The molecule has 1 atom stereocenters. The normalized spacial score (nSPS) is 12.5. The van der Waals surface area contributed by atoms with Crippen LogP contribution < -0.4 is 10.0 Å². The van der Waals surface area contributed by atoms with Gasteiger partial charge in [0.15, 0.2) is 0 Å². The van der Waals surface area contributed by atoms with Gasteiger partial charge in [-0.1, -0.05) is 24.3 Å². The Morgan fingerprint density at radius 1 is 0.960 bits per heavy atom. The number of carbonyl (C=O) groups excluding carboxylic acids is 1. The summed E-state index contributed by atoms with van der Waals surface area (Å²) in [6.45, 7) is 7.79. The number of benzene rings is 2. The van der Waals surface area contributed by atoms with Gasteiger partial charge in [0.25, 0.3) is 5.91 Å². The Kier molecular flexibility index (Phi) is 5.52. The molecule has 25 heavy (non-hydrogen) atoms. The summed E-state index contributed by atoms with van der Waals surface area (Å²) in [6, 6.07) is 10.9. The van der Waals surface area contributed by atoms with Crippen LogP contribution in [0.1, 0.15) is 45.6 Å². The van der Waals surface area contributed by atoms with Gasteiger partial charge >= 0.3 is 0 Å². The Labute approximate surface area is 149 Å². The van der Waals surface area contributed by atoms with Crippen LogP contribution in [0.2, 0.25) is 0 Å². The lowest BCUT2D eigenvalue weighted by Crippen LogP contribution is -2.27. The third kappa shape index (κ3) is 5.06. The zero-order chi connectivity index (χ0) is 18.8. The summed E-state index contributed by atoms with van der Waals surface area (Å²) in [5.74, 6) is -0.248. The maximum absolute atomic E-state index is 12.5. The molecule has 0 fully saturated rings. The zero-order valence-corrected chi connectivity index (χ0v) is 16.0. The molecule has 0 saturated heterocycles. The van der Waals surface area contributed by atoms with Crippen molar-refractivity contribution in [2.24, 2.45) is 0 Å². The fourth-order valence-electron chi connectivity index (χ4n) is 2.47. The van der Waals surface area contributed by atoms with Gasteiger partial charge in [0.05, 0.1) is 18.0 Å². The SMILES string of the molecule is Cc1ccc([C@@H](C)NC(=O)c2ccc(C)c(NS(C)(=O)=O)c2)cc1C. The molecule has 0 unspecified atom stereocenters. The minimum Gasteiger partial charge on any atom is -0.346 e. The van der Waals surface area contributed by atoms with Crippen molar-refractivity contribution in [2.75, 3.05) is 11.0 Å². The Bertz CT molecular complexity index is 905. The van der Waals surface area contributed by atoms with Crippen molar-refractivity contribution in [2.45, 2.75) is 33.7 Å². The topological polar surface area (TPSA) is 75.3 Å². The van der Waals surface area contributed by atoms with E-state index >= 15 is 0 Å². The van der Waals surface area contributed by atoms with Crippen LogP contribution in [-0.2, 0) is 10.0 Å². The smallest absolute Gasteiger partial charge is 0.251 e. The number of nitrogens with one attached hydrogen (secondary N) is 2. The first-order valence-electron chi connectivity index (χ1n) is 8.03. The second kappa shape index (κ2) is 7.27. The second-order valence-corrected chi connectivity index (χ2v) is 8.19. The van der Waals surface area contributed by atoms with Crippen molar-refractivity contribution < 1.29 is 13.2 Å². The molecule has 0 heterocycles. The molecule has 0 aliphatic heterocycles. The Morgan fingerprint density at radius 3 is 2.20 bits per heavy atom. The van der Waals surface area contributed by atoms with Gasteiger partial charge in [-0.05, 0) is 62.1 Å². The standard InChI is InChI=1S/C19H24N2O3S/c1-12-6-8-16(10-14(12)3)15(4)20-19(22)17-9-7-13(2)18(11-17)21-25(5,23)24/h6-11,15,21H,1-5H3,(H,20,22)/t15-/m1/s1. The Balaban J connectivity index is 2.20. The highest BCUT2D eigenvalue weighted by atomic mass is 32.2. The lowest BCUT2D eigenvalue weighted by molar-refractivity contribution is 0.0940. The molecule has 1 amide bonds. The summed E-state index contributed by atoms with van der Waals surface area (Å²) >= 11 is 0. The second-order valence-electron chi connectivity index (χ2n) is 6.44. The van der Waals surface area contributed by atoms with Crippen LogP contribution in [0.4, 0.5) is 5.69 Å². The maximum atomic E-state index is 12.5. The average Bonchev–Trinajstić information content (AvgIpc) is 2.50. The molecule has 0 spiro atoms. The van der Waals surface area contributed by atoms with Gasteiger partial charge in [0.2, 0.25) is 10.0 Å². The zero-order valence-electron chi connectivity index (χ0n) is 15.2. The summed E-state index contributed by atoms with van der Waals surface area (Å²) < 4.78 is 25.3. The first-order valence-corrected chi connectivity index (χ1v) is 9.92. The summed E-state index contributed by atoms with van der Waals surface area (Å²) in [5.41, 5.74) is 4.98. The van der Waals surface area contributed by atoms with E-state index in [1.54, 1.807) is 25.1 Å². The summed E-state index contributed by atoms with van der Waals surface area (Å²) in [7, 11) is -3.40. The van der Waals surface area contributed by atoms with Crippen molar-refractivity contribution in [3.63, 3.8) is 0 Å². The Hall–Kier alpha value is -2.34. The van der Waals surface area contributed by atoms with E-state index in [9.17, 15) is 13.2 Å². The van der Waals surface area contributed by atoms with Crippen LogP contribution in [0.15, 0.2) is 36.4 Å². The monoisotopic (exact) mass is 360 g/mol. The third-order valence-electron chi connectivity index (χ3n) is 4.17. The summed E-state index contributed by atoms with van der Waals surface area (Å²) in [5, 5.41) is 2.95. The molecular weight excluding hydrogens is 336 g/mol. The van der Waals surface area contributed by atoms with Gasteiger partial charge in [-0.3, -0.25) is 9.52 Å². The molecule has 2 aromatic rings. The van der Waals surface area contributed by atoms with Gasteiger partial charge in [-0.15, -0.1) is 0 Å². The quantitative estimate of drug-likeness (QED) is 0.857. The van der Waals surface area contributed by atoms with Crippen LogP contribution >= 0.6 is 0 Å². The first kappa shape index (κ1) is 19.0. The molecule has 0 aliphatic rings. The van der Waals surface area contributed by atoms with E-state index in [4.69, 9.17) is 0 Å². The lowest BCUT2D eigenvalue weighted by Gasteiger charge is -2.16. The van der Waals surface area contributed by atoms with E-state index in [1.807, 2.05) is 32.9 Å². The average molecular weight is 360 g/mol. The van der Waals surface area contributed by atoms with Crippen LogP contribution in [0.5, 0.6) is 0 Å². The first-order chi connectivity index (χ1) is 11.6. The number of hydrogen-bond donors (Lipinski definition) is 2.